The number of aromatic nitrogens is 2. The van der Waals surface area contributed by atoms with E-state index in [-0.39, 0.29) is 5.91 Å². The molecule has 1 fully saturated rings. The van der Waals surface area contributed by atoms with Crippen LogP contribution in [0.3, 0.4) is 0 Å². The van der Waals surface area contributed by atoms with Crippen LogP contribution in [0.2, 0.25) is 0 Å². The Kier molecular flexibility index (Phi) is 6.59. The van der Waals surface area contributed by atoms with Crippen molar-refractivity contribution in [2.75, 3.05) is 51.3 Å². The molecule has 1 amide bonds. The number of nitrogens with zero attached hydrogens (tertiary/aromatic N) is 4. The molecule has 0 bridgehead atoms. The van der Waals surface area contributed by atoms with Gasteiger partial charge in [-0.2, -0.15) is 0 Å². The van der Waals surface area contributed by atoms with E-state index in [1.165, 1.54) is 4.90 Å². The Morgan fingerprint density at radius 1 is 1.19 bits per heavy atom. The van der Waals surface area contributed by atoms with Crippen molar-refractivity contribution in [3.63, 3.8) is 0 Å². The lowest BCUT2D eigenvalue weighted by molar-refractivity contribution is -0.892. The van der Waals surface area contributed by atoms with E-state index >= 15 is 0 Å². The second kappa shape index (κ2) is 9.32. The second-order valence-corrected chi connectivity index (χ2v) is 6.79. The van der Waals surface area contributed by atoms with Crippen LogP contribution in [0.4, 0.5) is 5.95 Å². The first kappa shape index (κ1) is 19.1. The Balaban J connectivity index is 1.44. The molecule has 2 heterocycles. The van der Waals surface area contributed by atoms with Crippen molar-refractivity contribution < 1.29 is 14.4 Å². The average Bonchev–Trinajstić information content (AvgIpc) is 2.71. The summed E-state index contributed by atoms with van der Waals surface area (Å²) in [4.78, 5) is 26.5. The summed E-state index contributed by atoms with van der Waals surface area (Å²) in [6, 6.07) is 9.75. The molecule has 7 heteroatoms. The number of benzene rings is 1. The number of nitrogens with one attached hydrogen (secondary N) is 1. The molecule has 1 aromatic heterocycles. The van der Waals surface area contributed by atoms with Crippen LogP contribution in [0.15, 0.2) is 42.7 Å². The topological polar surface area (TPSA) is 63.0 Å². The van der Waals surface area contributed by atoms with Gasteiger partial charge in [0.15, 0.2) is 6.54 Å². The first-order valence-corrected chi connectivity index (χ1v) is 9.47. The standard InChI is InChI=1S/C20H27N5O2/c1-3-27-18-7-5-17(6-8-18)15-23(2)19(26)16-24-11-13-25(14-12-24)20-21-9-4-10-22-20/h4-10H,3,11-16H2,1-2H3/p+1. The molecular weight excluding hydrogens is 342 g/mol. The highest BCUT2D eigenvalue weighted by Crippen LogP contribution is 2.13. The summed E-state index contributed by atoms with van der Waals surface area (Å²) in [6.07, 6.45) is 3.53. The largest absolute Gasteiger partial charge is 0.494 e. The normalized spacial score (nSPS) is 14.8. The van der Waals surface area contributed by atoms with Gasteiger partial charge in [-0.3, -0.25) is 4.79 Å². The van der Waals surface area contributed by atoms with Crippen LogP contribution in [-0.2, 0) is 11.3 Å². The summed E-state index contributed by atoms with van der Waals surface area (Å²) in [7, 11) is 1.87. The third-order valence-corrected chi connectivity index (χ3v) is 4.79. The fraction of sp³-hybridized carbons (Fsp3) is 0.450. The van der Waals surface area contributed by atoms with Crippen molar-refractivity contribution >= 4 is 11.9 Å². The maximum atomic E-state index is 12.6. The maximum absolute atomic E-state index is 12.6. The van der Waals surface area contributed by atoms with Crippen LogP contribution in [0.25, 0.3) is 0 Å². The molecular formula is C20H28N5O2+. The molecule has 2 aromatic rings. The number of likely N-dealkylation sites (N-methyl/N-ethyl adjacent to an activating group) is 1. The van der Waals surface area contributed by atoms with Crippen molar-refractivity contribution in [3.8, 4) is 5.75 Å². The molecule has 7 nitrogen and oxygen atoms in total. The van der Waals surface area contributed by atoms with Crippen LogP contribution in [-0.4, -0.2) is 67.2 Å². The van der Waals surface area contributed by atoms with Crippen molar-refractivity contribution in [3.05, 3.63) is 48.3 Å². The molecule has 27 heavy (non-hydrogen) atoms. The summed E-state index contributed by atoms with van der Waals surface area (Å²) < 4.78 is 5.46. The second-order valence-electron chi connectivity index (χ2n) is 6.79. The van der Waals surface area contributed by atoms with Crippen LogP contribution >= 0.6 is 0 Å². The zero-order chi connectivity index (χ0) is 19.1. The Morgan fingerprint density at radius 3 is 2.48 bits per heavy atom. The highest BCUT2D eigenvalue weighted by atomic mass is 16.5. The molecule has 1 saturated heterocycles. The Bertz CT molecular complexity index is 715. The molecule has 0 unspecified atom stereocenters. The first-order chi connectivity index (χ1) is 13.2. The van der Waals surface area contributed by atoms with Crippen LogP contribution < -0.4 is 14.5 Å². The van der Waals surface area contributed by atoms with E-state index < -0.39 is 0 Å². The number of hydrogen-bond acceptors (Lipinski definition) is 5. The summed E-state index contributed by atoms with van der Waals surface area (Å²) in [5.41, 5.74) is 1.11. The van der Waals surface area contributed by atoms with Crippen LogP contribution in [0, 0.1) is 0 Å². The molecule has 1 N–H and O–H groups in total. The smallest absolute Gasteiger partial charge is 0.277 e. The molecule has 0 radical (unpaired) electrons. The average molecular weight is 370 g/mol. The van der Waals surface area contributed by atoms with E-state index in [2.05, 4.69) is 14.9 Å². The Labute approximate surface area is 160 Å². The Hall–Kier alpha value is -2.67. The summed E-state index contributed by atoms with van der Waals surface area (Å²) >= 11 is 0. The molecule has 0 saturated carbocycles. The van der Waals surface area contributed by atoms with Gasteiger partial charge in [-0.05, 0) is 30.7 Å². The fourth-order valence-corrected chi connectivity index (χ4v) is 3.22. The highest BCUT2D eigenvalue weighted by molar-refractivity contribution is 5.76. The van der Waals surface area contributed by atoms with Crippen molar-refractivity contribution in [2.24, 2.45) is 0 Å². The number of amides is 1. The quantitative estimate of drug-likeness (QED) is 0.757. The SMILES string of the molecule is CCOc1ccc(CN(C)C(=O)C[NH+]2CCN(c3ncccn3)CC2)cc1. The lowest BCUT2D eigenvalue weighted by Crippen LogP contribution is -3.15. The minimum atomic E-state index is 0.170. The molecule has 3 rings (SSSR count). The van der Waals surface area contributed by atoms with Gasteiger partial charge in [0.2, 0.25) is 5.95 Å². The molecule has 1 aliphatic heterocycles. The molecule has 0 aliphatic carbocycles. The van der Waals surface area contributed by atoms with Crippen LogP contribution in [0.5, 0.6) is 5.75 Å². The number of quaternary nitrogens is 1. The zero-order valence-corrected chi connectivity index (χ0v) is 16.1. The summed E-state index contributed by atoms with van der Waals surface area (Å²) in [5, 5.41) is 0. The number of piperazine rings is 1. The predicted octanol–water partition coefficient (Wildman–Crippen LogP) is 0.239. The number of ether oxygens (including phenoxy) is 1. The van der Waals surface area contributed by atoms with Crippen molar-refractivity contribution in [1.29, 1.82) is 0 Å². The van der Waals surface area contributed by atoms with Gasteiger partial charge in [-0.25, -0.2) is 9.97 Å². The number of carbonyl (C=O) groups is 1. The lowest BCUT2D eigenvalue weighted by Gasteiger charge is -2.32. The first-order valence-electron chi connectivity index (χ1n) is 9.47. The maximum Gasteiger partial charge on any atom is 0.277 e. The third kappa shape index (κ3) is 5.40. The van der Waals surface area contributed by atoms with Gasteiger partial charge >= 0.3 is 0 Å². The summed E-state index contributed by atoms with van der Waals surface area (Å²) in [5.74, 6) is 1.80. The monoisotopic (exact) mass is 370 g/mol. The molecule has 1 aliphatic rings. The van der Waals surface area contributed by atoms with E-state index in [0.29, 0.717) is 19.7 Å². The molecule has 144 valence electrons. The minimum Gasteiger partial charge on any atom is -0.494 e. The number of carbonyl (C=O) groups excluding carboxylic acids is 1. The minimum absolute atomic E-state index is 0.170. The third-order valence-electron chi connectivity index (χ3n) is 4.79. The highest BCUT2D eigenvalue weighted by Gasteiger charge is 2.24. The van der Waals surface area contributed by atoms with Gasteiger partial charge in [0.1, 0.15) is 5.75 Å². The number of hydrogen-bond donors (Lipinski definition) is 1. The van der Waals surface area contributed by atoms with Crippen molar-refractivity contribution in [2.45, 2.75) is 13.5 Å². The van der Waals surface area contributed by atoms with Gasteiger partial charge in [0.05, 0.1) is 32.8 Å². The predicted molar refractivity (Wildman–Crippen MR) is 104 cm³/mol. The summed E-state index contributed by atoms with van der Waals surface area (Å²) in [6.45, 7) is 7.34. The van der Waals surface area contributed by atoms with Gasteiger partial charge < -0.3 is 19.4 Å². The van der Waals surface area contributed by atoms with E-state index in [1.54, 1.807) is 17.3 Å². The van der Waals surface area contributed by atoms with E-state index in [9.17, 15) is 4.79 Å². The van der Waals surface area contributed by atoms with Gasteiger partial charge in [-0.15, -0.1) is 0 Å². The van der Waals surface area contributed by atoms with E-state index in [1.807, 2.05) is 44.3 Å². The molecule has 1 aromatic carbocycles. The van der Waals surface area contributed by atoms with E-state index in [0.717, 1.165) is 43.4 Å². The van der Waals surface area contributed by atoms with Gasteiger partial charge in [-0.1, -0.05) is 12.1 Å². The van der Waals surface area contributed by atoms with E-state index in [4.69, 9.17) is 4.74 Å². The van der Waals surface area contributed by atoms with Gasteiger partial charge in [0, 0.05) is 26.0 Å². The van der Waals surface area contributed by atoms with Crippen molar-refractivity contribution in [1.82, 2.24) is 14.9 Å². The van der Waals surface area contributed by atoms with Crippen LogP contribution in [0.1, 0.15) is 12.5 Å². The van der Waals surface area contributed by atoms with Gasteiger partial charge in [0.25, 0.3) is 5.91 Å². The zero-order valence-electron chi connectivity index (χ0n) is 16.1. The number of rotatable bonds is 7. The molecule has 0 atom stereocenters. The fourth-order valence-electron chi connectivity index (χ4n) is 3.22. The number of anilines is 1. The molecule has 0 spiro atoms. The lowest BCUT2D eigenvalue weighted by atomic mass is 10.2. The Morgan fingerprint density at radius 2 is 1.85 bits per heavy atom.